The van der Waals surface area contributed by atoms with Crippen LogP contribution in [-0.4, -0.2) is 27.3 Å². The van der Waals surface area contributed by atoms with Crippen LogP contribution in [0.2, 0.25) is 0 Å². The summed E-state index contributed by atoms with van der Waals surface area (Å²) in [6.45, 7) is 2.26. The van der Waals surface area contributed by atoms with Gasteiger partial charge in [-0.2, -0.15) is 16.9 Å². The SMILES string of the molecule is CC1CSCC1Nc1nn(C)cc1N. The number of nitrogens with two attached hydrogens (primary N) is 1. The van der Waals surface area contributed by atoms with Gasteiger partial charge in [0.05, 0.1) is 5.69 Å². The monoisotopic (exact) mass is 212 g/mol. The first-order valence-electron chi connectivity index (χ1n) is 4.80. The summed E-state index contributed by atoms with van der Waals surface area (Å²) in [6, 6.07) is 0.511. The third-order valence-corrected chi connectivity index (χ3v) is 3.90. The lowest BCUT2D eigenvalue weighted by molar-refractivity contribution is 0.595. The van der Waals surface area contributed by atoms with Crippen LogP contribution in [0.4, 0.5) is 11.5 Å². The molecule has 0 aromatic carbocycles. The largest absolute Gasteiger partial charge is 0.394 e. The van der Waals surface area contributed by atoms with Crippen LogP contribution >= 0.6 is 11.8 Å². The maximum absolute atomic E-state index is 5.81. The van der Waals surface area contributed by atoms with E-state index in [1.54, 1.807) is 4.68 Å². The van der Waals surface area contributed by atoms with Crippen molar-refractivity contribution in [2.45, 2.75) is 13.0 Å². The first kappa shape index (κ1) is 9.71. The Morgan fingerprint density at radius 1 is 1.64 bits per heavy atom. The van der Waals surface area contributed by atoms with Crippen molar-refractivity contribution in [3.8, 4) is 0 Å². The molecule has 0 aliphatic carbocycles. The van der Waals surface area contributed by atoms with Crippen molar-refractivity contribution in [3.05, 3.63) is 6.20 Å². The van der Waals surface area contributed by atoms with E-state index in [2.05, 4.69) is 17.3 Å². The summed E-state index contributed by atoms with van der Waals surface area (Å²) >= 11 is 1.98. The van der Waals surface area contributed by atoms with E-state index < -0.39 is 0 Å². The summed E-state index contributed by atoms with van der Waals surface area (Å²) in [4.78, 5) is 0. The molecule has 14 heavy (non-hydrogen) atoms. The van der Waals surface area contributed by atoms with Gasteiger partial charge in [0.1, 0.15) is 0 Å². The van der Waals surface area contributed by atoms with Crippen LogP contribution in [-0.2, 0) is 7.05 Å². The second-order valence-corrected chi connectivity index (χ2v) is 4.95. The molecule has 0 spiro atoms. The first-order chi connectivity index (χ1) is 6.66. The minimum atomic E-state index is 0.511. The predicted octanol–water partition coefficient (Wildman–Crippen LogP) is 1.17. The number of nitrogens with one attached hydrogen (secondary N) is 1. The van der Waals surface area contributed by atoms with Crippen LogP contribution in [0.1, 0.15) is 6.92 Å². The predicted molar refractivity (Wildman–Crippen MR) is 61.5 cm³/mol. The molecule has 1 aromatic heterocycles. The zero-order valence-electron chi connectivity index (χ0n) is 8.53. The quantitative estimate of drug-likeness (QED) is 0.772. The van der Waals surface area contributed by atoms with Gasteiger partial charge in [0, 0.05) is 25.0 Å². The molecule has 2 atom stereocenters. The van der Waals surface area contributed by atoms with Crippen molar-refractivity contribution in [1.29, 1.82) is 0 Å². The van der Waals surface area contributed by atoms with Crippen molar-refractivity contribution < 1.29 is 0 Å². The third kappa shape index (κ3) is 1.82. The fourth-order valence-corrected chi connectivity index (χ4v) is 3.05. The number of aromatic nitrogens is 2. The van der Waals surface area contributed by atoms with E-state index in [1.807, 2.05) is 25.0 Å². The van der Waals surface area contributed by atoms with Gasteiger partial charge in [-0.25, -0.2) is 0 Å². The molecule has 1 saturated heterocycles. The molecule has 2 unspecified atom stereocenters. The normalized spacial score (nSPS) is 26.7. The van der Waals surface area contributed by atoms with Gasteiger partial charge in [-0.3, -0.25) is 4.68 Å². The van der Waals surface area contributed by atoms with Gasteiger partial charge in [-0.05, 0) is 11.7 Å². The number of aryl methyl sites for hydroxylation is 1. The van der Waals surface area contributed by atoms with Crippen molar-refractivity contribution in [3.63, 3.8) is 0 Å². The fourth-order valence-electron chi connectivity index (χ4n) is 1.64. The first-order valence-corrected chi connectivity index (χ1v) is 5.95. The Hall–Kier alpha value is -0.840. The minimum absolute atomic E-state index is 0.511. The molecule has 1 fully saturated rings. The highest BCUT2D eigenvalue weighted by Crippen LogP contribution is 2.27. The standard InChI is InChI=1S/C9H16N4S/c1-6-4-14-5-8(6)11-9-7(10)3-13(2)12-9/h3,6,8H,4-5,10H2,1-2H3,(H,11,12). The lowest BCUT2D eigenvalue weighted by atomic mass is 10.1. The molecule has 5 heteroatoms. The summed E-state index contributed by atoms with van der Waals surface area (Å²) in [7, 11) is 1.88. The Morgan fingerprint density at radius 2 is 2.43 bits per heavy atom. The molecule has 0 saturated carbocycles. The second-order valence-electron chi connectivity index (χ2n) is 3.87. The average Bonchev–Trinajstić information content (AvgIpc) is 2.62. The van der Waals surface area contributed by atoms with Gasteiger partial charge in [-0.15, -0.1) is 0 Å². The number of hydrogen-bond donors (Lipinski definition) is 2. The Kier molecular flexibility index (Phi) is 2.58. The molecule has 1 aliphatic rings. The molecule has 3 N–H and O–H groups in total. The highest BCUT2D eigenvalue weighted by Gasteiger charge is 2.24. The fraction of sp³-hybridized carbons (Fsp3) is 0.667. The number of nitrogens with zero attached hydrogens (tertiary/aromatic N) is 2. The summed E-state index contributed by atoms with van der Waals surface area (Å²) in [5, 5.41) is 7.68. The molecule has 2 rings (SSSR count). The van der Waals surface area contributed by atoms with E-state index >= 15 is 0 Å². The summed E-state index contributed by atoms with van der Waals surface area (Å²) in [5.74, 6) is 3.90. The molecule has 1 aromatic rings. The van der Waals surface area contributed by atoms with Crippen LogP contribution < -0.4 is 11.1 Å². The van der Waals surface area contributed by atoms with E-state index in [1.165, 1.54) is 5.75 Å². The van der Waals surface area contributed by atoms with E-state index in [0.717, 1.165) is 17.3 Å². The summed E-state index contributed by atoms with van der Waals surface area (Å²) in [6.07, 6.45) is 1.83. The van der Waals surface area contributed by atoms with E-state index in [-0.39, 0.29) is 0 Å². The third-order valence-electron chi connectivity index (χ3n) is 2.54. The maximum atomic E-state index is 5.81. The van der Waals surface area contributed by atoms with Gasteiger partial charge in [0.25, 0.3) is 0 Å². The highest BCUT2D eigenvalue weighted by atomic mass is 32.2. The minimum Gasteiger partial charge on any atom is -0.394 e. The van der Waals surface area contributed by atoms with E-state index in [4.69, 9.17) is 5.73 Å². The molecule has 2 heterocycles. The highest BCUT2D eigenvalue weighted by molar-refractivity contribution is 7.99. The van der Waals surface area contributed by atoms with Crippen LogP contribution in [0, 0.1) is 5.92 Å². The lowest BCUT2D eigenvalue weighted by Gasteiger charge is -2.15. The smallest absolute Gasteiger partial charge is 0.171 e. The number of rotatable bonds is 2. The molecule has 1 aliphatic heterocycles. The summed E-state index contributed by atoms with van der Waals surface area (Å²) in [5.41, 5.74) is 6.55. The van der Waals surface area contributed by atoms with Gasteiger partial charge < -0.3 is 11.1 Å². The van der Waals surface area contributed by atoms with Crippen molar-refractivity contribution in [1.82, 2.24) is 9.78 Å². The molecule has 0 bridgehead atoms. The van der Waals surface area contributed by atoms with Crippen LogP contribution in [0.25, 0.3) is 0 Å². The van der Waals surface area contributed by atoms with Gasteiger partial charge in [-0.1, -0.05) is 6.92 Å². The van der Waals surface area contributed by atoms with Gasteiger partial charge >= 0.3 is 0 Å². The Bertz CT molecular complexity index is 323. The van der Waals surface area contributed by atoms with E-state index in [0.29, 0.717) is 12.0 Å². The molecule has 0 radical (unpaired) electrons. The molecular weight excluding hydrogens is 196 g/mol. The number of nitrogen functional groups attached to an aromatic ring is 1. The van der Waals surface area contributed by atoms with E-state index in [9.17, 15) is 0 Å². The van der Waals surface area contributed by atoms with Crippen molar-refractivity contribution in [2.75, 3.05) is 22.6 Å². The van der Waals surface area contributed by atoms with Crippen molar-refractivity contribution in [2.24, 2.45) is 13.0 Å². The molecule has 4 nitrogen and oxygen atoms in total. The molecule has 78 valence electrons. The van der Waals surface area contributed by atoms with Crippen LogP contribution in [0.5, 0.6) is 0 Å². The van der Waals surface area contributed by atoms with Gasteiger partial charge in [0.15, 0.2) is 5.82 Å². The van der Waals surface area contributed by atoms with Crippen LogP contribution in [0.15, 0.2) is 6.20 Å². The zero-order chi connectivity index (χ0) is 10.1. The average molecular weight is 212 g/mol. The summed E-state index contributed by atoms with van der Waals surface area (Å²) < 4.78 is 1.74. The van der Waals surface area contributed by atoms with Crippen molar-refractivity contribution >= 4 is 23.3 Å². The second kappa shape index (κ2) is 3.73. The zero-order valence-corrected chi connectivity index (χ0v) is 9.34. The topological polar surface area (TPSA) is 55.9 Å². The number of anilines is 2. The Labute approximate surface area is 88.2 Å². The maximum Gasteiger partial charge on any atom is 0.171 e. The lowest BCUT2D eigenvalue weighted by Crippen LogP contribution is -2.26. The molecule has 0 amide bonds. The molecular formula is C9H16N4S. The number of hydrogen-bond acceptors (Lipinski definition) is 4. The number of thioether (sulfide) groups is 1. The Morgan fingerprint density at radius 3 is 2.93 bits per heavy atom. The Balaban J connectivity index is 2.06. The van der Waals surface area contributed by atoms with Crippen LogP contribution in [0.3, 0.4) is 0 Å². The van der Waals surface area contributed by atoms with Gasteiger partial charge in [0.2, 0.25) is 0 Å².